The summed E-state index contributed by atoms with van der Waals surface area (Å²) in [5.74, 6) is -0.699. The number of hydrogen-bond donors (Lipinski definition) is 3. The molecule has 7 nitrogen and oxygen atoms in total. The monoisotopic (exact) mass is 295 g/mol. The summed E-state index contributed by atoms with van der Waals surface area (Å²) in [6.07, 6.45) is 0.814. The van der Waals surface area contributed by atoms with Crippen LogP contribution in [0.5, 0.6) is 5.75 Å². The topological polar surface area (TPSA) is 90.9 Å². The third kappa shape index (κ3) is 4.96. The zero-order chi connectivity index (χ0) is 15.8. The summed E-state index contributed by atoms with van der Waals surface area (Å²) in [6, 6.07) is 4.14. The maximum atomic E-state index is 12.0. The van der Waals surface area contributed by atoms with Gasteiger partial charge in [-0.3, -0.25) is 0 Å². The summed E-state index contributed by atoms with van der Waals surface area (Å²) in [5, 5.41) is 14.8. The Morgan fingerprint density at radius 1 is 1.38 bits per heavy atom. The predicted molar refractivity (Wildman–Crippen MR) is 80.1 cm³/mol. The number of anilines is 1. The Balaban J connectivity index is 2.77. The molecule has 0 aliphatic heterocycles. The van der Waals surface area contributed by atoms with Gasteiger partial charge in [0.05, 0.1) is 18.4 Å². The van der Waals surface area contributed by atoms with Crippen molar-refractivity contribution < 1.29 is 19.4 Å². The molecule has 0 saturated carbocycles. The summed E-state index contributed by atoms with van der Waals surface area (Å²) >= 11 is 0. The van der Waals surface area contributed by atoms with Gasteiger partial charge in [0.15, 0.2) is 0 Å². The van der Waals surface area contributed by atoms with Crippen LogP contribution < -0.4 is 15.4 Å². The molecule has 7 heteroatoms. The summed E-state index contributed by atoms with van der Waals surface area (Å²) in [7, 11) is 4.96. The van der Waals surface area contributed by atoms with Gasteiger partial charge in [-0.1, -0.05) is 0 Å². The van der Waals surface area contributed by atoms with Crippen molar-refractivity contribution in [2.24, 2.45) is 0 Å². The quantitative estimate of drug-likeness (QED) is 0.663. The molecule has 1 aromatic carbocycles. The molecule has 0 unspecified atom stereocenters. The lowest BCUT2D eigenvalue weighted by atomic mass is 10.1. The summed E-state index contributed by atoms with van der Waals surface area (Å²) in [5.41, 5.74) is 0.236. The number of carbonyl (C=O) groups is 2. The molecule has 0 heterocycles. The average molecular weight is 295 g/mol. The van der Waals surface area contributed by atoms with E-state index in [9.17, 15) is 14.7 Å². The number of hydrogen-bond acceptors (Lipinski definition) is 4. The number of carbonyl (C=O) groups excluding carboxylic acids is 1. The highest BCUT2D eigenvalue weighted by Gasteiger charge is 2.15. The first-order valence-electron chi connectivity index (χ1n) is 6.57. The van der Waals surface area contributed by atoms with Gasteiger partial charge in [0.1, 0.15) is 5.75 Å². The Bertz CT molecular complexity index is 505. The second-order valence-electron chi connectivity index (χ2n) is 4.53. The minimum atomic E-state index is -1.12. The largest absolute Gasteiger partial charge is 0.497 e. The van der Waals surface area contributed by atoms with Gasteiger partial charge < -0.3 is 25.4 Å². The zero-order valence-corrected chi connectivity index (χ0v) is 12.5. The fraction of sp³-hybridized carbons (Fsp3) is 0.429. The molecule has 0 aromatic heterocycles. The van der Waals surface area contributed by atoms with Crippen molar-refractivity contribution >= 4 is 17.7 Å². The highest BCUT2D eigenvalue weighted by molar-refractivity contribution is 6.00. The van der Waals surface area contributed by atoms with E-state index in [-0.39, 0.29) is 17.3 Å². The van der Waals surface area contributed by atoms with Crippen molar-refractivity contribution in [3.05, 3.63) is 23.8 Å². The number of rotatable bonds is 7. The van der Waals surface area contributed by atoms with Crippen LogP contribution in [0, 0.1) is 0 Å². The van der Waals surface area contributed by atoms with Crippen LogP contribution in [0.25, 0.3) is 0 Å². The lowest BCUT2D eigenvalue weighted by Gasteiger charge is -2.18. The van der Waals surface area contributed by atoms with E-state index in [1.807, 2.05) is 7.05 Å². The normalized spacial score (nSPS) is 10.0. The number of benzene rings is 1. The van der Waals surface area contributed by atoms with E-state index >= 15 is 0 Å². The maximum absolute atomic E-state index is 12.0. The first-order valence-corrected chi connectivity index (χ1v) is 6.57. The van der Waals surface area contributed by atoms with Gasteiger partial charge in [-0.05, 0) is 38.2 Å². The van der Waals surface area contributed by atoms with Crippen molar-refractivity contribution in [3.8, 4) is 5.75 Å². The summed E-state index contributed by atoms with van der Waals surface area (Å²) < 4.78 is 4.98. The Morgan fingerprint density at radius 3 is 2.67 bits per heavy atom. The van der Waals surface area contributed by atoms with Gasteiger partial charge >= 0.3 is 12.0 Å². The van der Waals surface area contributed by atoms with Crippen molar-refractivity contribution in [2.75, 3.05) is 39.6 Å². The lowest BCUT2D eigenvalue weighted by molar-refractivity contribution is 0.0697. The molecule has 0 saturated heterocycles. The maximum Gasteiger partial charge on any atom is 0.337 e. The number of aromatic carboxylic acids is 1. The van der Waals surface area contributed by atoms with Crippen LogP contribution in [0.15, 0.2) is 18.2 Å². The molecule has 0 atom stereocenters. The number of carboxylic acids is 1. The fourth-order valence-corrected chi connectivity index (χ4v) is 1.74. The van der Waals surface area contributed by atoms with Crippen molar-refractivity contribution in [1.82, 2.24) is 10.2 Å². The second-order valence-corrected chi connectivity index (χ2v) is 4.53. The number of carboxylic acid groups (broad SMARTS) is 1. The van der Waals surface area contributed by atoms with Crippen LogP contribution in [0.2, 0.25) is 0 Å². The SMILES string of the molecule is CNCCCN(C)C(=O)Nc1ccc(OC)cc1C(=O)O. The van der Waals surface area contributed by atoms with Crippen molar-refractivity contribution in [3.63, 3.8) is 0 Å². The van der Waals surface area contributed by atoms with E-state index < -0.39 is 5.97 Å². The minimum Gasteiger partial charge on any atom is -0.497 e. The minimum absolute atomic E-state index is 0.00803. The van der Waals surface area contributed by atoms with E-state index in [0.29, 0.717) is 12.3 Å². The Morgan fingerprint density at radius 2 is 2.10 bits per heavy atom. The van der Waals surface area contributed by atoms with E-state index in [0.717, 1.165) is 13.0 Å². The molecule has 21 heavy (non-hydrogen) atoms. The summed E-state index contributed by atoms with van der Waals surface area (Å²) in [4.78, 5) is 24.7. The molecule has 0 aliphatic rings. The molecule has 3 N–H and O–H groups in total. The highest BCUT2D eigenvalue weighted by Crippen LogP contribution is 2.22. The Labute approximate surface area is 123 Å². The molecule has 0 fully saturated rings. The number of nitrogens with one attached hydrogen (secondary N) is 2. The molecule has 0 spiro atoms. The van der Waals surface area contributed by atoms with Gasteiger partial charge in [0, 0.05) is 13.6 Å². The highest BCUT2D eigenvalue weighted by atomic mass is 16.5. The van der Waals surface area contributed by atoms with E-state index in [1.165, 1.54) is 24.1 Å². The second kappa shape index (κ2) is 8.11. The van der Waals surface area contributed by atoms with Gasteiger partial charge in [-0.15, -0.1) is 0 Å². The van der Waals surface area contributed by atoms with Crippen molar-refractivity contribution in [1.29, 1.82) is 0 Å². The smallest absolute Gasteiger partial charge is 0.337 e. The summed E-state index contributed by atoms with van der Waals surface area (Å²) in [6.45, 7) is 1.38. The van der Waals surface area contributed by atoms with E-state index in [1.54, 1.807) is 13.1 Å². The molecule has 2 amide bonds. The fourth-order valence-electron chi connectivity index (χ4n) is 1.74. The third-order valence-electron chi connectivity index (χ3n) is 2.97. The number of nitrogens with zero attached hydrogens (tertiary/aromatic N) is 1. The van der Waals surface area contributed by atoms with Gasteiger partial charge in [0.2, 0.25) is 0 Å². The van der Waals surface area contributed by atoms with Crippen LogP contribution in [0.4, 0.5) is 10.5 Å². The number of urea groups is 1. The lowest BCUT2D eigenvalue weighted by Crippen LogP contribution is -2.33. The predicted octanol–water partition coefficient (Wildman–Crippen LogP) is 1.47. The first-order chi connectivity index (χ1) is 9.99. The molecule has 1 aromatic rings. The van der Waals surface area contributed by atoms with Crippen LogP contribution in [-0.2, 0) is 0 Å². The van der Waals surface area contributed by atoms with Crippen LogP contribution in [0.3, 0.4) is 0 Å². The van der Waals surface area contributed by atoms with Gasteiger partial charge in [0.25, 0.3) is 0 Å². The molecular weight excluding hydrogens is 274 g/mol. The first kappa shape index (κ1) is 16.8. The van der Waals surface area contributed by atoms with Crippen LogP contribution in [-0.4, -0.2) is 56.3 Å². The number of methoxy groups -OCH3 is 1. The van der Waals surface area contributed by atoms with Gasteiger partial charge in [-0.25, -0.2) is 9.59 Å². The molecule has 0 aliphatic carbocycles. The molecule has 0 bridgehead atoms. The molecule has 1 rings (SSSR count). The van der Waals surface area contributed by atoms with Crippen LogP contribution in [0.1, 0.15) is 16.8 Å². The van der Waals surface area contributed by atoms with Gasteiger partial charge in [-0.2, -0.15) is 0 Å². The van der Waals surface area contributed by atoms with E-state index in [2.05, 4.69) is 10.6 Å². The zero-order valence-electron chi connectivity index (χ0n) is 12.5. The van der Waals surface area contributed by atoms with Crippen LogP contribution >= 0.6 is 0 Å². The molecular formula is C14H21N3O4. The van der Waals surface area contributed by atoms with E-state index in [4.69, 9.17) is 4.74 Å². The Hall–Kier alpha value is -2.28. The molecule has 0 radical (unpaired) electrons. The average Bonchev–Trinajstić information content (AvgIpc) is 2.47. The number of ether oxygens (including phenoxy) is 1. The number of amides is 2. The Kier molecular flexibility index (Phi) is 6.48. The standard InChI is InChI=1S/C14H21N3O4/c1-15-7-4-8-17(2)14(20)16-12-6-5-10(21-3)9-11(12)13(18)19/h5-6,9,15H,4,7-8H2,1-3H3,(H,16,20)(H,18,19). The molecule has 116 valence electrons. The van der Waals surface area contributed by atoms with Crippen molar-refractivity contribution in [2.45, 2.75) is 6.42 Å². The third-order valence-corrected chi connectivity index (χ3v) is 2.97.